The van der Waals surface area contributed by atoms with Crippen molar-refractivity contribution in [2.75, 3.05) is 11.4 Å². The average molecular weight is 318 g/mol. The number of aromatic nitrogens is 2. The van der Waals surface area contributed by atoms with Crippen LogP contribution >= 0.6 is 0 Å². The quantitative estimate of drug-likeness (QED) is 0.701. The van der Waals surface area contributed by atoms with E-state index in [0.29, 0.717) is 12.4 Å². The third-order valence-electron chi connectivity index (χ3n) is 4.10. The monoisotopic (exact) mass is 318 g/mol. The Morgan fingerprint density at radius 3 is 2.79 bits per heavy atom. The minimum atomic E-state index is -0.343. The van der Waals surface area contributed by atoms with Crippen LogP contribution in [0.15, 0.2) is 60.0 Å². The van der Waals surface area contributed by atoms with Gasteiger partial charge in [0.15, 0.2) is 0 Å². The van der Waals surface area contributed by atoms with Gasteiger partial charge in [0.05, 0.1) is 24.1 Å². The van der Waals surface area contributed by atoms with E-state index < -0.39 is 0 Å². The Morgan fingerprint density at radius 1 is 1.08 bits per heavy atom. The molecule has 3 aromatic rings. The molecule has 1 aliphatic heterocycles. The van der Waals surface area contributed by atoms with Crippen molar-refractivity contribution in [1.82, 2.24) is 9.97 Å². The SMILES string of the molecule is Cc1ccncc1-c1ccc2c(c1)N(c1ccc(F)cn1)CC=N2. The maximum atomic E-state index is 13.2. The Morgan fingerprint density at radius 2 is 2.00 bits per heavy atom. The molecule has 0 fully saturated rings. The number of halogens is 1. The zero-order valence-corrected chi connectivity index (χ0v) is 13.1. The number of aliphatic imine (C=N–C) groups is 1. The Kier molecular flexibility index (Phi) is 3.54. The summed E-state index contributed by atoms with van der Waals surface area (Å²) in [5.74, 6) is 0.355. The Balaban J connectivity index is 1.82. The first-order chi connectivity index (χ1) is 11.7. The number of fused-ring (bicyclic) bond motifs is 1. The van der Waals surface area contributed by atoms with Gasteiger partial charge in [-0.2, -0.15) is 0 Å². The molecule has 0 spiro atoms. The number of hydrogen-bond acceptors (Lipinski definition) is 4. The van der Waals surface area contributed by atoms with Crippen molar-refractivity contribution < 1.29 is 4.39 Å². The molecule has 4 nitrogen and oxygen atoms in total. The van der Waals surface area contributed by atoms with E-state index in [1.165, 1.54) is 12.3 Å². The second-order valence-electron chi connectivity index (χ2n) is 5.65. The Hall–Kier alpha value is -3.08. The molecular formula is C19H15FN4. The predicted molar refractivity (Wildman–Crippen MR) is 93.8 cm³/mol. The number of hydrogen-bond donors (Lipinski definition) is 0. The van der Waals surface area contributed by atoms with Gasteiger partial charge in [0.25, 0.3) is 0 Å². The van der Waals surface area contributed by atoms with E-state index in [9.17, 15) is 4.39 Å². The Labute approximate surface area is 139 Å². The van der Waals surface area contributed by atoms with E-state index in [1.54, 1.807) is 12.3 Å². The van der Waals surface area contributed by atoms with Crippen molar-refractivity contribution in [1.29, 1.82) is 0 Å². The lowest BCUT2D eigenvalue weighted by molar-refractivity contribution is 0.621. The maximum absolute atomic E-state index is 13.2. The molecule has 3 heterocycles. The smallest absolute Gasteiger partial charge is 0.141 e. The van der Waals surface area contributed by atoms with E-state index >= 15 is 0 Å². The van der Waals surface area contributed by atoms with E-state index in [4.69, 9.17) is 0 Å². The van der Waals surface area contributed by atoms with Gasteiger partial charge >= 0.3 is 0 Å². The van der Waals surface area contributed by atoms with Crippen LogP contribution in [-0.2, 0) is 0 Å². The number of benzene rings is 1. The van der Waals surface area contributed by atoms with Crippen molar-refractivity contribution in [3.05, 3.63) is 66.4 Å². The van der Waals surface area contributed by atoms with Crippen LogP contribution in [0.4, 0.5) is 21.6 Å². The molecule has 0 atom stereocenters. The largest absolute Gasteiger partial charge is 0.319 e. The first kappa shape index (κ1) is 14.5. The molecule has 0 bridgehead atoms. The zero-order chi connectivity index (χ0) is 16.5. The first-order valence-electron chi connectivity index (χ1n) is 7.69. The van der Waals surface area contributed by atoms with Gasteiger partial charge in [0, 0.05) is 24.2 Å². The molecule has 24 heavy (non-hydrogen) atoms. The van der Waals surface area contributed by atoms with E-state index in [0.717, 1.165) is 28.1 Å². The molecule has 5 heteroatoms. The highest BCUT2D eigenvalue weighted by atomic mass is 19.1. The minimum Gasteiger partial charge on any atom is -0.319 e. The third kappa shape index (κ3) is 2.54. The van der Waals surface area contributed by atoms with Crippen LogP contribution in [0.1, 0.15) is 5.56 Å². The van der Waals surface area contributed by atoms with Crippen LogP contribution in [0.3, 0.4) is 0 Å². The van der Waals surface area contributed by atoms with Crippen LogP contribution in [-0.4, -0.2) is 22.7 Å². The molecule has 118 valence electrons. The van der Waals surface area contributed by atoms with Crippen LogP contribution in [0, 0.1) is 12.7 Å². The predicted octanol–water partition coefficient (Wildman–Crippen LogP) is 4.45. The number of rotatable bonds is 2. The van der Waals surface area contributed by atoms with Crippen molar-refractivity contribution in [3.63, 3.8) is 0 Å². The fourth-order valence-electron chi connectivity index (χ4n) is 2.85. The normalized spacial score (nSPS) is 13.0. The summed E-state index contributed by atoms with van der Waals surface area (Å²) in [5, 5.41) is 0. The standard InChI is InChI=1S/C19H15FN4/c1-13-6-7-21-12-16(13)14-2-4-17-18(10-14)24(9-8-22-17)19-5-3-15(20)11-23-19/h2-8,10-12H,9H2,1H3. The van der Waals surface area contributed by atoms with Crippen molar-refractivity contribution in [2.24, 2.45) is 4.99 Å². The molecular weight excluding hydrogens is 303 g/mol. The fraction of sp³-hybridized carbons (Fsp3) is 0.105. The van der Waals surface area contributed by atoms with Crippen LogP contribution < -0.4 is 4.90 Å². The lowest BCUT2D eigenvalue weighted by Gasteiger charge is -2.27. The summed E-state index contributed by atoms with van der Waals surface area (Å²) in [6, 6.07) is 11.2. The van der Waals surface area contributed by atoms with Crippen molar-refractivity contribution in [3.8, 4) is 11.1 Å². The molecule has 0 amide bonds. The molecule has 2 aromatic heterocycles. The third-order valence-corrected chi connectivity index (χ3v) is 4.10. The molecule has 0 saturated carbocycles. The fourth-order valence-corrected chi connectivity index (χ4v) is 2.85. The summed E-state index contributed by atoms with van der Waals surface area (Å²) in [5.41, 5.74) is 5.15. The summed E-state index contributed by atoms with van der Waals surface area (Å²) in [6.07, 6.45) is 6.72. The zero-order valence-electron chi connectivity index (χ0n) is 13.1. The van der Waals surface area contributed by atoms with Gasteiger partial charge in [-0.05, 0) is 48.4 Å². The molecule has 0 saturated heterocycles. The summed E-state index contributed by atoms with van der Waals surface area (Å²) in [4.78, 5) is 14.9. The number of aryl methyl sites for hydroxylation is 1. The lowest BCUT2D eigenvalue weighted by atomic mass is 10.0. The summed E-state index contributed by atoms with van der Waals surface area (Å²) in [7, 11) is 0. The van der Waals surface area contributed by atoms with E-state index in [2.05, 4.69) is 28.0 Å². The van der Waals surface area contributed by atoms with Gasteiger partial charge < -0.3 is 4.90 Å². The summed E-state index contributed by atoms with van der Waals surface area (Å²) >= 11 is 0. The summed E-state index contributed by atoms with van der Waals surface area (Å²) < 4.78 is 13.2. The number of anilines is 2. The maximum Gasteiger partial charge on any atom is 0.141 e. The lowest BCUT2D eigenvalue weighted by Crippen LogP contribution is -2.23. The second-order valence-corrected chi connectivity index (χ2v) is 5.65. The topological polar surface area (TPSA) is 41.4 Å². The van der Waals surface area contributed by atoms with Gasteiger partial charge in [-0.1, -0.05) is 6.07 Å². The van der Waals surface area contributed by atoms with Gasteiger partial charge in [-0.3, -0.25) is 9.98 Å². The molecule has 1 aromatic carbocycles. The Bertz CT molecular complexity index is 919. The van der Waals surface area contributed by atoms with Gasteiger partial charge in [-0.15, -0.1) is 0 Å². The summed E-state index contributed by atoms with van der Waals surface area (Å²) in [6.45, 7) is 2.66. The number of nitrogens with zero attached hydrogens (tertiary/aromatic N) is 4. The van der Waals surface area contributed by atoms with Crippen LogP contribution in [0.2, 0.25) is 0 Å². The highest BCUT2D eigenvalue weighted by Crippen LogP contribution is 2.38. The van der Waals surface area contributed by atoms with Gasteiger partial charge in [0.1, 0.15) is 11.6 Å². The van der Waals surface area contributed by atoms with E-state index in [-0.39, 0.29) is 5.82 Å². The van der Waals surface area contributed by atoms with Gasteiger partial charge in [-0.25, -0.2) is 9.37 Å². The van der Waals surface area contributed by atoms with Crippen molar-refractivity contribution >= 4 is 23.4 Å². The molecule has 0 unspecified atom stereocenters. The second kappa shape index (κ2) is 5.85. The number of pyridine rings is 2. The molecule has 0 radical (unpaired) electrons. The van der Waals surface area contributed by atoms with Gasteiger partial charge in [0.2, 0.25) is 0 Å². The molecule has 0 N–H and O–H groups in total. The highest BCUT2D eigenvalue weighted by Gasteiger charge is 2.18. The molecule has 0 aliphatic carbocycles. The first-order valence-corrected chi connectivity index (χ1v) is 7.69. The van der Waals surface area contributed by atoms with Crippen LogP contribution in [0.25, 0.3) is 11.1 Å². The molecule has 1 aliphatic rings. The minimum absolute atomic E-state index is 0.343. The van der Waals surface area contributed by atoms with Crippen molar-refractivity contribution in [2.45, 2.75) is 6.92 Å². The molecule has 4 rings (SSSR count). The van der Waals surface area contributed by atoms with E-state index in [1.807, 2.05) is 35.5 Å². The highest BCUT2D eigenvalue weighted by molar-refractivity contribution is 5.88. The average Bonchev–Trinajstić information content (AvgIpc) is 2.62. The van der Waals surface area contributed by atoms with Crippen LogP contribution in [0.5, 0.6) is 0 Å².